The van der Waals surface area contributed by atoms with Crippen LogP contribution in [-0.2, 0) is 4.79 Å². The summed E-state index contributed by atoms with van der Waals surface area (Å²) in [6.45, 7) is 1.27. The molecule has 0 aliphatic carbocycles. The number of rotatable bonds is 4. The molecule has 0 spiro atoms. The minimum Gasteiger partial charge on any atom is -0.338 e. The van der Waals surface area contributed by atoms with Gasteiger partial charge >= 0.3 is 0 Å². The SMILES string of the molecule is O=C(c1ccccc1)N1CCC(N(C(=O)CCl)c2ccccc2)CC1. The number of hydrogen-bond acceptors (Lipinski definition) is 2. The number of carbonyl (C=O) groups is 2. The van der Waals surface area contributed by atoms with Gasteiger partial charge in [-0.1, -0.05) is 36.4 Å². The van der Waals surface area contributed by atoms with Gasteiger partial charge in [-0.25, -0.2) is 0 Å². The van der Waals surface area contributed by atoms with E-state index in [1.807, 2.05) is 65.6 Å². The van der Waals surface area contributed by atoms with E-state index in [1.165, 1.54) is 0 Å². The molecule has 0 radical (unpaired) electrons. The molecule has 0 atom stereocenters. The first kappa shape index (κ1) is 17.5. The van der Waals surface area contributed by atoms with Crippen molar-refractivity contribution in [1.82, 2.24) is 4.90 Å². The van der Waals surface area contributed by atoms with Gasteiger partial charge in [0.2, 0.25) is 5.91 Å². The lowest BCUT2D eigenvalue weighted by Crippen LogP contribution is -2.49. The Bertz CT molecular complexity index is 713. The summed E-state index contributed by atoms with van der Waals surface area (Å²) in [5, 5.41) is 0. The summed E-state index contributed by atoms with van der Waals surface area (Å²) < 4.78 is 0. The van der Waals surface area contributed by atoms with Crippen LogP contribution in [0.4, 0.5) is 5.69 Å². The normalized spacial score (nSPS) is 15.0. The van der Waals surface area contributed by atoms with Crippen LogP contribution in [0.15, 0.2) is 60.7 Å². The van der Waals surface area contributed by atoms with E-state index in [2.05, 4.69) is 0 Å². The molecule has 0 unspecified atom stereocenters. The number of likely N-dealkylation sites (tertiary alicyclic amines) is 1. The van der Waals surface area contributed by atoms with Gasteiger partial charge in [0.05, 0.1) is 0 Å². The lowest BCUT2D eigenvalue weighted by atomic mass is 10.0. The third-order valence-corrected chi connectivity index (χ3v) is 4.78. The van der Waals surface area contributed by atoms with Gasteiger partial charge in [0.15, 0.2) is 0 Å². The predicted molar refractivity (Wildman–Crippen MR) is 100 cm³/mol. The van der Waals surface area contributed by atoms with E-state index in [9.17, 15) is 9.59 Å². The highest BCUT2D eigenvalue weighted by molar-refractivity contribution is 6.29. The fourth-order valence-corrected chi connectivity index (χ4v) is 3.43. The third kappa shape index (κ3) is 4.02. The van der Waals surface area contributed by atoms with E-state index in [0.717, 1.165) is 18.5 Å². The second-order valence-electron chi connectivity index (χ2n) is 6.12. The second-order valence-corrected chi connectivity index (χ2v) is 6.39. The number of benzene rings is 2. The Balaban J connectivity index is 1.69. The van der Waals surface area contributed by atoms with Crippen molar-refractivity contribution >= 4 is 29.1 Å². The molecule has 1 aliphatic heterocycles. The summed E-state index contributed by atoms with van der Waals surface area (Å²) in [5.41, 5.74) is 1.57. The highest BCUT2D eigenvalue weighted by Gasteiger charge is 2.30. The Kier molecular flexibility index (Phi) is 5.71. The van der Waals surface area contributed by atoms with Crippen molar-refractivity contribution in [2.45, 2.75) is 18.9 Å². The van der Waals surface area contributed by atoms with E-state index in [4.69, 9.17) is 11.6 Å². The molecule has 130 valence electrons. The molecule has 2 aromatic rings. The predicted octanol–water partition coefficient (Wildman–Crippen LogP) is 3.56. The fraction of sp³-hybridized carbons (Fsp3) is 0.300. The van der Waals surface area contributed by atoms with Crippen LogP contribution in [0.5, 0.6) is 0 Å². The highest BCUT2D eigenvalue weighted by Crippen LogP contribution is 2.25. The van der Waals surface area contributed by atoms with E-state index in [0.29, 0.717) is 18.7 Å². The molecule has 4 nitrogen and oxygen atoms in total. The maximum absolute atomic E-state index is 12.6. The van der Waals surface area contributed by atoms with Crippen LogP contribution in [0.25, 0.3) is 0 Å². The summed E-state index contributed by atoms with van der Waals surface area (Å²) in [5.74, 6) is -0.0902. The zero-order valence-corrected chi connectivity index (χ0v) is 14.7. The maximum atomic E-state index is 12.6. The highest BCUT2D eigenvalue weighted by atomic mass is 35.5. The van der Waals surface area contributed by atoms with Gasteiger partial charge in [0, 0.05) is 30.4 Å². The van der Waals surface area contributed by atoms with Crippen molar-refractivity contribution in [3.05, 3.63) is 66.2 Å². The van der Waals surface area contributed by atoms with Crippen molar-refractivity contribution in [1.29, 1.82) is 0 Å². The Morgan fingerprint density at radius 1 is 0.960 bits per heavy atom. The van der Waals surface area contributed by atoms with Crippen molar-refractivity contribution < 1.29 is 9.59 Å². The van der Waals surface area contributed by atoms with E-state index in [-0.39, 0.29) is 23.7 Å². The number of carbonyl (C=O) groups excluding carboxylic acids is 2. The third-order valence-electron chi connectivity index (χ3n) is 4.55. The molecule has 5 heteroatoms. The summed E-state index contributed by atoms with van der Waals surface area (Å²) in [6.07, 6.45) is 1.49. The van der Waals surface area contributed by atoms with Crippen LogP contribution in [0.3, 0.4) is 0 Å². The number of alkyl halides is 1. The average Bonchev–Trinajstić information content (AvgIpc) is 2.69. The van der Waals surface area contributed by atoms with Crippen molar-refractivity contribution in [2.75, 3.05) is 23.9 Å². The fourth-order valence-electron chi connectivity index (χ4n) is 3.30. The molecule has 0 bridgehead atoms. The van der Waals surface area contributed by atoms with Crippen LogP contribution < -0.4 is 4.90 Å². The lowest BCUT2D eigenvalue weighted by Gasteiger charge is -2.38. The first-order chi connectivity index (χ1) is 12.2. The molecule has 3 rings (SSSR count). The number of amides is 2. The van der Waals surface area contributed by atoms with Crippen LogP contribution in [-0.4, -0.2) is 41.7 Å². The smallest absolute Gasteiger partial charge is 0.253 e. The average molecular weight is 357 g/mol. The Labute approximate surface area is 153 Å². The van der Waals surface area contributed by atoms with Crippen LogP contribution in [0.2, 0.25) is 0 Å². The Morgan fingerprint density at radius 3 is 2.08 bits per heavy atom. The summed E-state index contributed by atoms with van der Waals surface area (Å²) in [6, 6.07) is 19.0. The van der Waals surface area contributed by atoms with Gasteiger partial charge in [-0.15, -0.1) is 11.6 Å². The molecular weight excluding hydrogens is 336 g/mol. The molecule has 0 saturated carbocycles. The van der Waals surface area contributed by atoms with Crippen molar-refractivity contribution in [3.8, 4) is 0 Å². The number of hydrogen-bond donors (Lipinski definition) is 0. The summed E-state index contributed by atoms with van der Waals surface area (Å²) >= 11 is 5.82. The summed E-state index contributed by atoms with van der Waals surface area (Å²) in [7, 11) is 0. The van der Waals surface area contributed by atoms with Crippen molar-refractivity contribution in [3.63, 3.8) is 0 Å². The minimum atomic E-state index is -0.0966. The number of anilines is 1. The maximum Gasteiger partial charge on any atom is 0.253 e. The molecule has 0 aromatic heterocycles. The lowest BCUT2D eigenvalue weighted by molar-refractivity contribution is -0.116. The first-order valence-electron chi connectivity index (χ1n) is 8.48. The van der Waals surface area contributed by atoms with Gasteiger partial charge in [0.25, 0.3) is 5.91 Å². The standard InChI is InChI=1S/C20H21ClN2O2/c21-15-19(24)23(17-9-5-2-6-10-17)18-11-13-22(14-12-18)20(25)16-7-3-1-4-8-16/h1-10,18H,11-15H2. The van der Waals surface area contributed by atoms with Gasteiger partial charge < -0.3 is 9.80 Å². The van der Waals surface area contributed by atoms with Crippen LogP contribution in [0, 0.1) is 0 Å². The summed E-state index contributed by atoms with van der Waals surface area (Å²) in [4.78, 5) is 28.6. The Hall–Kier alpha value is -2.33. The van der Waals surface area contributed by atoms with Crippen LogP contribution >= 0.6 is 11.6 Å². The molecule has 1 heterocycles. The van der Waals surface area contributed by atoms with Gasteiger partial charge in [0.1, 0.15) is 5.88 Å². The number of para-hydroxylation sites is 1. The molecule has 2 aromatic carbocycles. The quantitative estimate of drug-likeness (QED) is 0.786. The number of nitrogens with zero attached hydrogens (tertiary/aromatic N) is 2. The zero-order chi connectivity index (χ0) is 17.6. The van der Waals surface area contributed by atoms with Gasteiger partial charge in [-0.3, -0.25) is 9.59 Å². The van der Waals surface area contributed by atoms with E-state index < -0.39 is 0 Å². The molecule has 1 saturated heterocycles. The molecule has 1 aliphatic rings. The van der Waals surface area contributed by atoms with Crippen molar-refractivity contribution in [2.24, 2.45) is 0 Å². The monoisotopic (exact) mass is 356 g/mol. The second kappa shape index (κ2) is 8.17. The largest absolute Gasteiger partial charge is 0.338 e. The van der Waals surface area contributed by atoms with Gasteiger partial charge in [-0.2, -0.15) is 0 Å². The minimum absolute atomic E-state index is 0.0436. The molecule has 25 heavy (non-hydrogen) atoms. The Morgan fingerprint density at radius 2 is 1.52 bits per heavy atom. The van der Waals surface area contributed by atoms with E-state index >= 15 is 0 Å². The topological polar surface area (TPSA) is 40.6 Å². The molecular formula is C20H21ClN2O2. The van der Waals surface area contributed by atoms with E-state index in [1.54, 1.807) is 4.90 Å². The molecule has 1 fully saturated rings. The molecule has 0 N–H and O–H groups in total. The first-order valence-corrected chi connectivity index (χ1v) is 9.01. The molecule has 2 amide bonds. The number of piperidine rings is 1. The van der Waals surface area contributed by atoms with Crippen LogP contribution in [0.1, 0.15) is 23.2 Å². The zero-order valence-electron chi connectivity index (χ0n) is 14.0. The van der Waals surface area contributed by atoms with Gasteiger partial charge in [-0.05, 0) is 37.1 Å². The number of halogens is 1.